The van der Waals surface area contributed by atoms with Crippen LogP contribution in [0, 0.1) is 0 Å². The van der Waals surface area contributed by atoms with Crippen LogP contribution in [0.2, 0.25) is 0 Å². The number of methoxy groups -OCH3 is 1. The highest BCUT2D eigenvalue weighted by Gasteiger charge is 2.14. The molecule has 0 saturated heterocycles. The minimum absolute atomic E-state index is 0.354. The Hall–Kier alpha value is -2.34. The zero-order chi connectivity index (χ0) is 14.4. The molecule has 2 rings (SSSR count). The molecular formula is C14H14N2O3S. The molecule has 2 amide bonds. The molecule has 0 radical (unpaired) electrons. The zero-order valence-corrected chi connectivity index (χ0v) is 11.7. The first-order chi connectivity index (χ1) is 9.70. The first-order valence-corrected chi connectivity index (χ1v) is 6.83. The molecular weight excluding hydrogens is 276 g/mol. The van der Waals surface area contributed by atoms with Crippen molar-refractivity contribution in [1.29, 1.82) is 0 Å². The standard InChI is InChI=1S/C14H14N2O3S/c1-19-13(17)11-7-8-20-12(11)16-14(18)15-9-10-5-3-2-4-6-10/h2-8H,9H2,1H3,(H2,15,16,18). The Bertz CT molecular complexity index is 595. The van der Waals surface area contributed by atoms with Crippen molar-refractivity contribution in [3.05, 3.63) is 52.9 Å². The third-order valence-electron chi connectivity index (χ3n) is 2.59. The van der Waals surface area contributed by atoms with Crippen molar-refractivity contribution in [2.75, 3.05) is 12.4 Å². The van der Waals surface area contributed by atoms with Gasteiger partial charge in [0, 0.05) is 6.54 Å². The summed E-state index contributed by atoms with van der Waals surface area (Å²) in [6, 6.07) is 10.8. The fraction of sp³-hybridized carbons (Fsp3) is 0.143. The number of ether oxygens (including phenoxy) is 1. The van der Waals surface area contributed by atoms with Gasteiger partial charge in [-0.05, 0) is 17.0 Å². The van der Waals surface area contributed by atoms with Gasteiger partial charge in [-0.25, -0.2) is 9.59 Å². The van der Waals surface area contributed by atoms with Crippen LogP contribution in [-0.4, -0.2) is 19.1 Å². The summed E-state index contributed by atoms with van der Waals surface area (Å²) >= 11 is 1.27. The molecule has 0 saturated carbocycles. The lowest BCUT2D eigenvalue weighted by atomic mass is 10.2. The Morgan fingerprint density at radius 1 is 1.20 bits per heavy atom. The second-order valence-corrected chi connectivity index (χ2v) is 4.86. The number of hydrogen-bond donors (Lipinski definition) is 2. The lowest BCUT2D eigenvalue weighted by molar-refractivity contribution is 0.0602. The van der Waals surface area contributed by atoms with E-state index in [1.807, 2.05) is 30.3 Å². The molecule has 0 bridgehead atoms. The molecule has 5 nitrogen and oxygen atoms in total. The third kappa shape index (κ3) is 3.58. The van der Waals surface area contributed by atoms with Gasteiger partial charge in [-0.2, -0.15) is 0 Å². The van der Waals surface area contributed by atoms with Gasteiger partial charge in [0.05, 0.1) is 12.7 Å². The summed E-state index contributed by atoms with van der Waals surface area (Å²) in [5.41, 5.74) is 1.36. The van der Waals surface area contributed by atoms with E-state index in [-0.39, 0.29) is 6.03 Å². The topological polar surface area (TPSA) is 67.4 Å². The molecule has 0 fully saturated rings. The number of thiophene rings is 1. The maximum absolute atomic E-state index is 11.8. The third-order valence-corrected chi connectivity index (χ3v) is 3.42. The lowest BCUT2D eigenvalue weighted by Gasteiger charge is -2.07. The molecule has 0 aliphatic heterocycles. The first kappa shape index (κ1) is 14.1. The molecule has 0 atom stereocenters. The van der Waals surface area contributed by atoms with E-state index in [1.165, 1.54) is 18.4 Å². The fourth-order valence-corrected chi connectivity index (χ4v) is 2.37. The molecule has 0 aliphatic carbocycles. The lowest BCUT2D eigenvalue weighted by Crippen LogP contribution is -2.28. The fourth-order valence-electron chi connectivity index (χ4n) is 1.60. The monoisotopic (exact) mass is 290 g/mol. The Labute approximate surface area is 120 Å². The second kappa shape index (κ2) is 6.72. The maximum atomic E-state index is 11.8. The van der Waals surface area contributed by atoms with Crippen LogP contribution < -0.4 is 10.6 Å². The minimum atomic E-state index is -0.468. The van der Waals surface area contributed by atoms with Crippen LogP contribution in [0.1, 0.15) is 15.9 Å². The van der Waals surface area contributed by atoms with Crippen LogP contribution in [0.15, 0.2) is 41.8 Å². The number of urea groups is 1. The van der Waals surface area contributed by atoms with Crippen molar-refractivity contribution >= 4 is 28.3 Å². The summed E-state index contributed by atoms with van der Waals surface area (Å²) in [6.45, 7) is 0.422. The van der Waals surface area contributed by atoms with E-state index < -0.39 is 5.97 Å². The summed E-state index contributed by atoms with van der Waals surface area (Å²) in [6.07, 6.45) is 0. The molecule has 6 heteroatoms. The number of rotatable bonds is 4. The molecule has 0 spiro atoms. The van der Waals surface area contributed by atoms with E-state index in [2.05, 4.69) is 15.4 Å². The normalized spacial score (nSPS) is 9.85. The molecule has 1 aromatic carbocycles. The minimum Gasteiger partial charge on any atom is -0.465 e. The van der Waals surface area contributed by atoms with E-state index in [0.717, 1.165) is 5.56 Å². The van der Waals surface area contributed by atoms with Gasteiger partial charge < -0.3 is 10.1 Å². The highest BCUT2D eigenvalue weighted by Crippen LogP contribution is 2.23. The van der Waals surface area contributed by atoms with Gasteiger partial charge >= 0.3 is 12.0 Å². The molecule has 1 aromatic heterocycles. The largest absolute Gasteiger partial charge is 0.465 e. The van der Waals surface area contributed by atoms with Crippen LogP contribution in [0.3, 0.4) is 0 Å². The summed E-state index contributed by atoms with van der Waals surface area (Å²) in [5, 5.41) is 7.57. The van der Waals surface area contributed by atoms with Gasteiger partial charge in [-0.3, -0.25) is 5.32 Å². The SMILES string of the molecule is COC(=O)c1ccsc1NC(=O)NCc1ccccc1. The predicted molar refractivity (Wildman–Crippen MR) is 78.0 cm³/mol. The summed E-state index contributed by atoms with van der Waals surface area (Å²) in [4.78, 5) is 23.2. The number of hydrogen-bond acceptors (Lipinski definition) is 4. The van der Waals surface area contributed by atoms with Crippen molar-refractivity contribution in [2.24, 2.45) is 0 Å². The van der Waals surface area contributed by atoms with Crippen LogP contribution in [0.25, 0.3) is 0 Å². The average molecular weight is 290 g/mol. The highest BCUT2D eigenvalue weighted by atomic mass is 32.1. The van der Waals surface area contributed by atoms with Crippen LogP contribution in [-0.2, 0) is 11.3 Å². The van der Waals surface area contributed by atoms with E-state index in [1.54, 1.807) is 11.4 Å². The Morgan fingerprint density at radius 2 is 1.95 bits per heavy atom. The quantitative estimate of drug-likeness (QED) is 0.851. The molecule has 0 unspecified atom stereocenters. The number of carbonyl (C=O) groups is 2. The van der Waals surface area contributed by atoms with Crippen molar-refractivity contribution < 1.29 is 14.3 Å². The van der Waals surface area contributed by atoms with Gasteiger partial charge in [0.25, 0.3) is 0 Å². The molecule has 104 valence electrons. The molecule has 1 heterocycles. The van der Waals surface area contributed by atoms with Crippen molar-refractivity contribution in [2.45, 2.75) is 6.54 Å². The van der Waals surface area contributed by atoms with Gasteiger partial charge in [-0.1, -0.05) is 30.3 Å². The number of anilines is 1. The van der Waals surface area contributed by atoms with Gasteiger partial charge in [0.2, 0.25) is 0 Å². The maximum Gasteiger partial charge on any atom is 0.340 e. The number of nitrogens with one attached hydrogen (secondary N) is 2. The molecule has 0 aliphatic rings. The predicted octanol–water partition coefficient (Wildman–Crippen LogP) is 2.86. The molecule has 20 heavy (non-hydrogen) atoms. The number of carbonyl (C=O) groups excluding carboxylic acids is 2. The van der Waals surface area contributed by atoms with E-state index >= 15 is 0 Å². The number of benzene rings is 1. The Morgan fingerprint density at radius 3 is 2.65 bits per heavy atom. The van der Waals surface area contributed by atoms with Crippen LogP contribution >= 0.6 is 11.3 Å². The van der Waals surface area contributed by atoms with E-state index in [0.29, 0.717) is 17.1 Å². The van der Waals surface area contributed by atoms with E-state index in [4.69, 9.17) is 0 Å². The van der Waals surface area contributed by atoms with Gasteiger partial charge in [-0.15, -0.1) is 11.3 Å². The number of amides is 2. The molecule has 2 aromatic rings. The summed E-state index contributed by atoms with van der Waals surface area (Å²) in [5.74, 6) is -0.468. The Balaban J connectivity index is 1.92. The summed E-state index contributed by atoms with van der Waals surface area (Å²) in [7, 11) is 1.30. The summed E-state index contributed by atoms with van der Waals surface area (Å²) < 4.78 is 4.64. The Kier molecular flexibility index (Phi) is 4.73. The van der Waals surface area contributed by atoms with Crippen molar-refractivity contribution in [3.63, 3.8) is 0 Å². The highest BCUT2D eigenvalue weighted by molar-refractivity contribution is 7.14. The van der Waals surface area contributed by atoms with Crippen LogP contribution in [0.5, 0.6) is 0 Å². The number of esters is 1. The average Bonchev–Trinajstić information content (AvgIpc) is 2.93. The van der Waals surface area contributed by atoms with Crippen LogP contribution in [0.4, 0.5) is 9.80 Å². The zero-order valence-electron chi connectivity index (χ0n) is 10.9. The van der Waals surface area contributed by atoms with Gasteiger partial charge in [0.1, 0.15) is 5.00 Å². The van der Waals surface area contributed by atoms with Gasteiger partial charge in [0.15, 0.2) is 0 Å². The first-order valence-electron chi connectivity index (χ1n) is 5.95. The second-order valence-electron chi connectivity index (χ2n) is 3.95. The smallest absolute Gasteiger partial charge is 0.340 e. The van der Waals surface area contributed by atoms with E-state index in [9.17, 15) is 9.59 Å². The molecule has 2 N–H and O–H groups in total. The van der Waals surface area contributed by atoms with Crippen molar-refractivity contribution in [3.8, 4) is 0 Å². The van der Waals surface area contributed by atoms with Crippen molar-refractivity contribution in [1.82, 2.24) is 5.32 Å².